The fourth-order valence-electron chi connectivity index (χ4n) is 2.47. The van der Waals surface area contributed by atoms with Gasteiger partial charge in [-0.3, -0.25) is 0 Å². The van der Waals surface area contributed by atoms with E-state index in [2.05, 4.69) is 27.3 Å². The summed E-state index contributed by atoms with van der Waals surface area (Å²) in [6, 6.07) is 11.5. The molecule has 1 aliphatic rings. The molecule has 110 valence electrons. The Morgan fingerprint density at radius 3 is 2.95 bits per heavy atom. The number of hydrogen-bond donors (Lipinski definition) is 1. The molecule has 0 saturated heterocycles. The third-order valence-electron chi connectivity index (χ3n) is 3.55. The monoisotopic (exact) mass is 385 g/mol. The number of nitrogens with one attached hydrogen (secondary N) is 1. The van der Waals surface area contributed by atoms with E-state index in [4.69, 9.17) is 11.6 Å². The minimum atomic E-state index is -0.232. The normalized spacial score (nSPS) is 17.6. The lowest BCUT2D eigenvalue weighted by Crippen LogP contribution is -2.24. The van der Waals surface area contributed by atoms with Gasteiger partial charge in [0.2, 0.25) is 0 Å². The van der Waals surface area contributed by atoms with E-state index >= 15 is 0 Å². The van der Waals surface area contributed by atoms with Crippen molar-refractivity contribution in [3.05, 3.63) is 62.8 Å². The van der Waals surface area contributed by atoms with E-state index in [1.807, 2.05) is 36.0 Å². The summed E-state index contributed by atoms with van der Waals surface area (Å²) < 4.78 is 13.8. The molecule has 3 rings (SSSR count). The second-order valence-corrected chi connectivity index (χ2v) is 7.43. The number of hydrogen-bond acceptors (Lipinski definition) is 2. The van der Waals surface area contributed by atoms with Gasteiger partial charge in [0.15, 0.2) is 0 Å². The van der Waals surface area contributed by atoms with Crippen LogP contribution in [-0.4, -0.2) is 5.75 Å². The van der Waals surface area contributed by atoms with Gasteiger partial charge in [-0.05, 0) is 69.6 Å². The van der Waals surface area contributed by atoms with Crippen molar-refractivity contribution in [2.45, 2.75) is 23.9 Å². The van der Waals surface area contributed by atoms with Crippen LogP contribution in [0.4, 0.5) is 4.39 Å². The molecule has 1 heterocycles. The topological polar surface area (TPSA) is 12.0 Å². The molecule has 21 heavy (non-hydrogen) atoms. The van der Waals surface area contributed by atoms with Gasteiger partial charge >= 0.3 is 0 Å². The number of fused-ring (bicyclic) bond motifs is 1. The molecule has 0 aromatic heterocycles. The molecule has 0 bridgehead atoms. The molecular formula is C16H14BrClFNS. The van der Waals surface area contributed by atoms with Crippen molar-refractivity contribution in [1.82, 2.24) is 5.32 Å². The minimum absolute atomic E-state index is 0.232. The first-order valence-electron chi connectivity index (χ1n) is 6.73. The summed E-state index contributed by atoms with van der Waals surface area (Å²) in [5.41, 5.74) is 2.32. The van der Waals surface area contributed by atoms with Crippen LogP contribution < -0.4 is 5.32 Å². The molecule has 1 atom stereocenters. The minimum Gasteiger partial charge on any atom is -0.306 e. The maximum atomic E-state index is 13.3. The van der Waals surface area contributed by atoms with Gasteiger partial charge in [-0.15, -0.1) is 11.8 Å². The lowest BCUT2D eigenvalue weighted by atomic mass is 10.0. The Bertz CT molecular complexity index is 665. The molecule has 1 aliphatic heterocycles. The first kappa shape index (κ1) is 15.3. The first-order valence-corrected chi connectivity index (χ1v) is 8.89. The highest BCUT2D eigenvalue weighted by atomic mass is 79.9. The standard InChI is InChI=1S/C16H14BrClFNS/c17-13-7-10(1-3-14(13)19)9-20-15-5-6-21-16-4-2-11(18)8-12(15)16/h1-4,7-8,15,20H,5-6,9H2. The van der Waals surface area contributed by atoms with E-state index in [1.54, 1.807) is 0 Å². The lowest BCUT2D eigenvalue weighted by Gasteiger charge is -2.26. The zero-order chi connectivity index (χ0) is 14.8. The van der Waals surface area contributed by atoms with Crippen LogP contribution in [-0.2, 0) is 6.54 Å². The fourth-order valence-corrected chi connectivity index (χ4v) is 4.18. The molecule has 2 aromatic rings. The van der Waals surface area contributed by atoms with E-state index in [0.29, 0.717) is 17.1 Å². The number of halogens is 3. The molecule has 0 fully saturated rings. The average Bonchev–Trinajstić information content (AvgIpc) is 2.48. The smallest absolute Gasteiger partial charge is 0.137 e. The molecule has 0 amide bonds. The maximum absolute atomic E-state index is 13.3. The third kappa shape index (κ3) is 3.62. The summed E-state index contributed by atoms with van der Waals surface area (Å²) in [4.78, 5) is 1.29. The Balaban J connectivity index is 1.74. The lowest BCUT2D eigenvalue weighted by molar-refractivity contribution is 0.509. The van der Waals surface area contributed by atoms with E-state index < -0.39 is 0 Å². The highest BCUT2D eigenvalue weighted by molar-refractivity contribution is 9.10. The fraction of sp³-hybridized carbons (Fsp3) is 0.250. The van der Waals surface area contributed by atoms with Crippen LogP contribution in [0.3, 0.4) is 0 Å². The van der Waals surface area contributed by atoms with Gasteiger partial charge in [0, 0.05) is 22.5 Å². The first-order chi connectivity index (χ1) is 10.1. The van der Waals surface area contributed by atoms with E-state index in [0.717, 1.165) is 22.8 Å². The van der Waals surface area contributed by atoms with Crippen molar-refractivity contribution < 1.29 is 4.39 Å². The third-order valence-corrected chi connectivity index (χ3v) is 5.51. The van der Waals surface area contributed by atoms with Gasteiger partial charge in [0.25, 0.3) is 0 Å². The Kier molecular flexibility index (Phi) is 4.89. The number of rotatable bonds is 3. The SMILES string of the molecule is Fc1ccc(CNC2CCSc3ccc(Cl)cc32)cc1Br. The van der Waals surface area contributed by atoms with Crippen LogP contribution in [0.2, 0.25) is 5.02 Å². The van der Waals surface area contributed by atoms with Crippen LogP contribution in [0.5, 0.6) is 0 Å². The van der Waals surface area contributed by atoms with Crippen molar-refractivity contribution >= 4 is 39.3 Å². The van der Waals surface area contributed by atoms with Crippen LogP contribution in [0.25, 0.3) is 0 Å². The highest BCUT2D eigenvalue weighted by Crippen LogP contribution is 2.37. The zero-order valence-electron chi connectivity index (χ0n) is 11.2. The predicted molar refractivity (Wildman–Crippen MR) is 90.5 cm³/mol. The summed E-state index contributed by atoms with van der Waals surface area (Å²) >= 11 is 11.2. The molecule has 0 aliphatic carbocycles. The molecule has 5 heteroatoms. The van der Waals surface area contributed by atoms with E-state index in [9.17, 15) is 4.39 Å². The van der Waals surface area contributed by atoms with Gasteiger partial charge < -0.3 is 5.32 Å². The molecule has 1 N–H and O–H groups in total. The predicted octanol–water partition coefficient (Wildman–Crippen LogP) is 5.57. The summed E-state index contributed by atoms with van der Waals surface area (Å²) in [6.45, 7) is 0.708. The molecule has 0 spiro atoms. The molecule has 0 saturated carbocycles. The Labute approximate surface area is 141 Å². The second-order valence-electron chi connectivity index (χ2n) is 5.00. The summed E-state index contributed by atoms with van der Waals surface area (Å²) in [5, 5.41) is 4.32. The summed E-state index contributed by atoms with van der Waals surface area (Å²) in [7, 11) is 0. The second kappa shape index (κ2) is 6.69. The van der Waals surface area contributed by atoms with Gasteiger partial charge in [0.1, 0.15) is 5.82 Å². The maximum Gasteiger partial charge on any atom is 0.137 e. The van der Waals surface area contributed by atoms with Crippen molar-refractivity contribution in [3.63, 3.8) is 0 Å². The van der Waals surface area contributed by atoms with Crippen LogP contribution in [0.1, 0.15) is 23.6 Å². The zero-order valence-corrected chi connectivity index (χ0v) is 14.4. The Morgan fingerprint density at radius 2 is 2.14 bits per heavy atom. The van der Waals surface area contributed by atoms with Crippen LogP contribution in [0.15, 0.2) is 45.8 Å². The molecule has 1 nitrogen and oxygen atoms in total. The van der Waals surface area contributed by atoms with Crippen molar-refractivity contribution in [2.24, 2.45) is 0 Å². The van der Waals surface area contributed by atoms with Crippen molar-refractivity contribution in [3.8, 4) is 0 Å². The van der Waals surface area contributed by atoms with Crippen LogP contribution in [0, 0.1) is 5.82 Å². The summed E-state index contributed by atoms with van der Waals surface area (Å²) in [5.74, 6) is 0.865. The highest BCUT2D eigenvalue weighted by Gasteiger charge is 2.20. The van der Waals surface area contributed by atoms with Gasteiger partial charge in [-0.2, -0.15) is 0 Å². The van der Waals surface area contributed by atoms with Gasteiger partial charge in [0.05, 0.1) is 4.47 Å². The van der Waals surface area contributed by atoms with Gasteiger partial charge in [-0.1, -0.05) is 17.7 Å². The molecule has 0 radical (unpaired) electrons. The molecule has 2 aromatic carbocycles. The van der Waals surface area contributed by atoms with Gasteiger partial charge in [-0.25, -0.2) is 4.39 Å². The van der Waals surface area contributed by atoms with E-state index in [-0.39, 0.29) is 5.82 Å². The average molecular weight is 387 g/mol. The van der Waals surface area contributed by atoms with Crippen molar-refractivity contribution in [2.75, 3.05) is 5.75 Å². The summed E-state index contributed by atoms with van der Waals surface area (Å²) in [6.07, 6.45) is 1.07. The largest absolute Gasteiger partial charge is 0.306 e. The number of thioether (sulfide) groups is 1. The van der Waals surface area contributed by atoms with Crippen LogP contribution >= 0.6 is 39.3 Å². The number of benzene rings is 2. The molecule has 1 unspecified atom stereocenters. The van der Waals surface area contributed by atoms with Crippen molar-refractivity contribution in [1.29, 1.82) is 0 Å². The Morgan fingerprint density at radius 1 is 1.29 bits per heavy atom. The van der Waals surface area contributed by atoms with E-state index in [1.165, 1.54) is 16.5 Å². The molecular weight excluding hydrogens is 373 g/mol. The Hall–Kier alpha value is -0.550. The quantitative estimate of drug-likeness (QED) is 0.740.